The summed E-state index contributed by atoms with van der Waals surface area (Å²) in [5.74, 6) is -0.606. The molecule has 164 valence electrons. The number of nitrogens with zero attached hydrogens (tertiary/aromatic N) is 1. The third-order valence-corrected chi connectivity index (χ3v) is 5.42. The molecule has 0 aromatic heterocycles. The van der Waals surface area contributed by atoms with Gasteiger partial charge in [-0.3, -0.25) is 9.59 Å². The minimum absolute atomic E-state index is 0.0683. The van der Waals surface area contributed by atoms with Crippen LogP contribution in [0.25, 0.3) is 0 Å². The molecule has 0 aliphatic carbocycles. The Labute approximate surface area is 183 Å². The first-order valence-electron chi connectivity index (χ1n) is 10.2. The summed E-state index contributed by atoms with van der Waals surface area (Å²) < 4.78 is 38.8. The van der Waals surface area contributed by atoms with Crippen molar-refractivity contribution in [3.63, 3.8) is 0 Å². The van der Waals surface area contributed by atoms with E-state index in [1.165, 1.54) is 12.1 Å². The van der Waals surface area contributed by atoms with Gasteiger partial charge in [0.2, 0.25) is 0 Å². The minimum atomic E-state index is -4.49. The van der Waals surface area contributed by atoms with E-state index in [2.05, 4.69) is 5.32 Å². The standard InChI is InChI=1S/C25H21F3N2O2/c1-16-5-2-6-19(13-16)24(32)30-12-4-7-17-14-18(10-11-22(17)30)23(31)29-21-9-3-8-20(15-21)25(26,27)28/h2-3,5-6,8-11,13-15H,4,7,12H2,1H3,(H,29,31). The number of hydrogen-bond acceptors (Lipinski definition) is 2. The molecular weight excluding hydrogens is 417 g/mol. The number of nitrogens with one attached hydrogen (secondary N) is 1. The molecule has 0 saturated carbocycles. The summed E-state index contributed by atoms with van der Waals surface area (Å²) in [5, 5.41) is 2.52. The number of amides is 2. The maximum absolute atomic E-state index is 13.0. The van der Waals surface area contributed by atoms with Crippen LogP contribution in [0.3, 0.4) is 0 Å². The molecule has 3 aromatic carbocycles. The third-order valence-electron chi connectivity index (χ3n) is 5.42. The topological polar surface area (TPSA) is 49.4 Å². The van der Waals surface area contributed by atoms with Gasteiger partial charge in [-0.25, -0.2) is 0 Å². The normalized spacial score (nSPS) is 13.4. The van der Waals surface area contributed by atoms with Gasteiger partial charge in [0.1, 0.15) is 0 Å². The Morgan fingerprint density at radius 1 is 0.938 bits per heavy atom. The number of carbonyl (C=O) groups excluding carboxylic acids is 2. The van der Waals surface area contributed by atoms with Crippen LogP contribution in [0.4, 0.5) is 24.5 Å². The van der Waals surface area contributed by atoms with Crippen LogP contribution in [0, 0.1) is 6.92 Å². The Morgan fingerprint density at radius 2 is 1.72 bits per heavy atom. The zero-order valence-electron chi connectivity index (χ0n) is 17.4. The molecule has 0 bridgehead atoms. The number of fused-ring (bicyclic) bond motifs is 1. The number of rotatable bonds is 3. The van der Waals surface area contributed by atoms with Gasteiger partial charge < -0.3 is 10.2 Å². The lowest BCUT2D eigenvalue weighted by molar-refractivity contribution is -0.137. The average molecular weight is 438 g/mol. The van der Waals surface area contributed by atoms with Crippen LogP contribution in [-0.4, -0.2) is 18.4 Å². The highest BCUT2D eigenvalue weighted by Gasteiger charge is 2.30. The van der Waals surface area contributed by atoms with Gasteiger partial charge in [-0.2, -0.15) is 13.2 Å². The number of hydrogen-bond donors (Lipinski definition) is 1. The molecule has 0 radical (unpaired) electrons. The van der Waals surface area contributed by atoms with Crippen molar-refractivity contribution in [3.8, 4) is 0 Å². The van der Waals surface area contributed by atoms with Crippen LogP contribution >= 0.6 is 0 Å². The molecule has 0 saturated heterocycles. The van der Waals surface area contributed by atoms with E-state index < -0.39 is 17.6 Å². The van der Waals surface area contributed by atoms with Crippen molar-refractivity contribution in [1.29, 1.82) is 0 Å². The first-order valence-corrected chi connectivity index (χ1v) is 10.2. The van der Waals surface area contributed by atoms with Gasteiger partial charge in [0.05, 0.1) is 5.56 Å². The lowest BCUT2D eigenvalue weighted by Crippen LogP contribution is -2.35. The first-order chi connectivity index (χ1) is 15.2. The van der Waals surface area contributed by atoms with Crippen LogP contribution < -0.4 is 10.2 Å². The molecule has 7 heteroatoms. The smallest absolute Gasteiger partial charge is 0.322 e. The summed E-state index contributed by atoms with van der Waals surface area (Å²) >= 11 is 0. The third kappa shape index (κ3) is 4.51. The zero-order valence-corrected chi connectivity index (χ0v) is 17.4. The van der Waals surface area contributed by atoms with Crippen LogP contribution in [0.2, 0.25) is 0 Å². The Hall–Kier alpha value is -3.61. The quantitative estimate of drug-likeness (QED) is 0.557. The average Bonchev–Trinajstić information content (AvgIpc) is 2.77. The molecule has 3 aromatic rings. The molecule has 0 unspecified atom stereocenters. The van der Waals surface area contributed by atoms with Gasteiger partial charge in [0, 0.05) is 29.0 Å². The summed E-state index contributed by atoms with van der Waals surface area (Å²) in [7, 11) is 0. The van der Waals surface area contributed by atoms with Crippen molar-refractivity contribution in [2.75, 3.05) is 16.8 Å². The van der Waals surface area contributed by atoms with E-state index in [1.54, 1.807) is 29.2 Å². The number of benzene rings is 3. The lowest BCUT2D eigenvalue weighted by Gasteiger charge is -2.30. The van der Waals surface area contributed by atoms with Gasteiger partial charge in [-0.15, -0.1) is 0 Å². The van der Waals surface area contributed by atoms with Crippen molar-refractivity contribution < 1.29 is 22.8 Å². The number of carbonyl (C=O) groups is 2. The fourth-order valence-corrected chi connectivity index (χ4v) is 3.86. The van der Waals surface area contributed by atoms with Gasteiger partial charge in [-0.1, -0.05) is 23.8 Å². The maximum atomic E-state index is 13.0. The summed E-state index contributed by atoms with van der Waals surface area (Å²) in [4.78, 5) is 27.4. The number of halogens is 3. The maximum Gasteiger partial charge on any atom is 0.416 e. The van der Waals surface area contributed by atoms with E-state index in [0.29, 0.717) is 24.1 Å². The molecule has 1 aliphatic rings. The SMILES string of the molecule is Cc1cccc(C(=O)N2CCCc3cc(C(=O)Nc4cccc(C(F)(F)F)c4)ccc32)c1. The molecule has 0 fully saturated rings. The van der Waals surface area contributed by atoms with Crippen molar-refractivity contribution in [2.45, 2.75) is 25.9 Å². The number of alkyl halides is 3. The van der Waals surface area contributed by atoms with Crippen LogP contribution in [0.15, 0.2) is 66.7 Å². The van der Waals surface area contributed by atoms with E-state index in [-0.39, 0.29) is 11.6 Å². The Bertz CT molecular complexity index is 1190. The second-order valence-electron chi connectivity index (χ2n) is 7.81. The van der Waals surface area contributed by atoms with E-state index in [4.69, 9.17) is 0 Å². The second kappa shape index (κ2) is 8.49. The molecular formula is C25H21F3N2O2. The summed E-state index contributed by atoms with van der Waals surface area (Å²) in [6.07, 6.45) is -3.03. The molecule has 0 atom stereocenters. The monoisotopic (exact) mass is 438 g/mol. The molecule has 0 spiro atoms. The Morgan fingerprint density at radius 3 is 2.47 bits per heavy atom. The van der Waals surface area contributed by atoms with E-state index in [0.717, 1.165) is 35.4 Å². The predicted octanol–water partition coefficient (Wildman–Crippen LogP) is 5.86. The largest absolute Gasteiger partial charge is 0.416 e. The Kier molecular flexibility index (Phi) is 5.74. The van der Waals surface area contributed by atoms with E-state index in [1.807, 2.05) is 25.1 Å². The Balaban J connectivity index is 1.56. The molecule has 32 heavy (non-hydrogen) atoms. The molecule has 4 nitrogen and oxygen atoms in total. The van der Waals surface area contributed by atoms with Crippen molar-refractivity contribution >= 4 is 23.2 Å². The molecule has 2 amide bonds. The summed E-state index contributed by atoms with van der Waals surface area (Å²) in [5.41, 5.74) is 2.77. The highest BCUT2D eigenvalue weighted by Crippen LogP contribution is 2.32. The van der Waals surface area contributed by atoms with Crippen LogP contribution in [0.1, 0.15) is 43.8 Å². The second-order valence-corrected chi connectivity index (χ2v) is 7.81. The van der Waals surface area contributed by atoms with E-state index in [9.17, 15) is 22.8 Å². The number of anilines is 2. The van der Waals surface area contributed by atoms with Crippen LogP contribution in [0.5, 0.6) is 0 Å². The summed E-state index contributed by atoms with van der Waals surface area (Å²) in [6, 6.07) is 16.9. The van der Waals surface area contributed by atoms with E-state index >= 15 is 0 Å². The van der Waals surface area contributed by atoms with Gasteiger partial charge >= 0.3 is 6.18 Å². The van der Waals surface area contributed by atoms with Gasteiger partial charge in [-0.05, 0) is 73.9 Å². The minimum Gasteiger partial charge on any atom is -0.322 e. The van der Waals surface area contributed by atoms with Crippen molar-refractivity contribution in [2.24, 2.45) is 0 Å². The predicted molar refractivity (Wildman–Crippen MR) is 117 cm³/mol. The number of aryl methyl sites for hydroxylation is 2. The fraction of sp³-hybridized carbons (Fsp3) is 0.200. The lowest BCUT2D eigenvalue weighted by atomic mass is 9.98. The molecule has 1 N–H and O–H groups in total. The molecule has 1 aliphatic heterocycles. The molecule has 4 rings (SSSR count). The van der Waals surface area contributed by atoms with Gasteiger partial charge in [0.15, 0.2) is 0 Å². The highest BCUT2D eigenvalue weighted by molar-refractivity contribution is 6.08. The van der Waals surface area contributed by atoms with Crippen molar-refractivity contribution in [1.82, 2.24) is 0 Å². The van der Waals surface area contributed by atoms with Crippen molar-refractivity contribution in [3.05, 3.63) is 94.5 Å². The zero-order chi connectivity index (χ0) is 22.9. The first kappa shape index (κ1) is 21.6. The highest BCUT2D eigenvalue weighted by atomic mass is 19.4. The summed E-state index contributed by atoms with van der Waals surface area (Å²) in [6.45, 7) is 2.51. The van der Waals surface area contributed by atoms with Gasteiger partial charge in [0.25, 0.3) is 11.8 Å². The fourth-order valence-electron chi connectivity index (χ4n) is 3.86. The van der Waals surface area contributed by atoms with Crippen LogP contribution in [-0.2, 0) is 12.6 Å². The molecule has 1 heterocycles.